The second kappa shape index (κ2) is 6.37. The van der Waals surface area contributed by atoms with E-state index in [9.17, 15) is 22.0 Å². The summed E-state index contributed by atoms with van der Waals surface area (Å²) in [7, 11) is 0. The van der Waals surface area contributed by atoms with Gasteiger partial charge in [0.15, 0.2) is 17.5 Å². The zero-order chi connectivity index (χ0) is 14.7. The maximum Gasteiger partial charge on any atom is 0.257 e. The van der Waals surface area contributed by atoms with Crippen LogP contribution in [0.3, 0.4) is 0 Å². The maximum atomic E-state index is 13.2. The molecule has 1 fully saturated rings. The zero-order valence-electron chi connectivity index (χ0n) is 10.8. The number of allylic oxidation sites excluding steroid dienone is 2. The molecule has 0 aromatic heterocycles. The van der Waals surface area contributed by atoms with Crippen LogP contribution in [0.2, 0.25) is 0 Å². The Hall–Kier alpha value is -1.39. The monoisotopic (exact) mass is 290 g/mol. The van der Waals surface area contributed by atoms with E-state index < -0.39 is 23.9 Å². The van der Waals surface area contributed by atoms with Crippen molar-refractivity contribution in [1.29, 1.82) is 0 Å². The van der Waals surface area contributed by atoms with Crippen molar-refractivity contribution in [2.75, 3.05) is 0 Å². The fraction of sp³-hybridized carbons (Fsp3) is 0.467. The van der Waals surface area contributed by atoms with Gasteiger partial charge >= 0.3 is 0 Å². The molecule has 0 atom stereocenters. The lowest BCUT2D eigenvalue weighted by Gasteiger charge is -2.27. The summed E-state index contributed by atoms with van der Waals surface area (Å²) >= 11 is 0. The van der Waals surface area contributed by atoms with E-state index in [4.69, 9.17) is 0 Å². The highest BCUT2D eigenvalue weighted by molar-refractivity contribution is 5.23. The van der Waals surface area contributed by atoms with Gasteiger partial charge in [0.05, 0.1) is 0 Å². The summed E-state index contributed by atoms with van der Waals surface area (Å²) in [4.78, 5) is 0. The molecule has 0 unspecified atom stereocenters. The van der Waals surface area contributed by atoms with Gasteiger partial charge in [-0.25, -0.2) is 22.0 Å². The largest absolute Gasteiger partial charge is 0.257 e. The Morgan fingerprint density at radius 3 is 2.00 bits per heavy atom. The average Bonchev–Trinajstić information content (AvgIpc) is 2.42. The van der Waals surface area contributed by atoms with Gasteiger partial charge in [0.1, 0.15) is 0 Å². The second-order valence-electron chi connectivity index (χ2n) is 5.13. The SMILES string of the molecule is Fc1cc(C2CCC(C=CC(F)F)CC2)cc(F)c1F. The van der Waals surface area contributed by atoms with Gasteiger partial charge in [-0.1, -0.05) is 6.08 Å². The van der Waals surface area contributed by atoms with Gasteiger partial charge in [-0.05, 0) is 61.3 Å². The number of alkyl halides is 2. The van der Waals surface area contributed by atoms with E-state index in [0.29, 0.717) is 31.2 Å². The third-order valence-electron chi connectivity index (χ3n) is 3.78. The van der Waals surface area contributed by atoms with E-state index in [2.05, 4.69) is 0 Å². The third-order valence-corrected chi connectivity index (χ3v) is 3.78. The van der Waals surface area contributed by atoms with Gasteiger partial charge < -0.3 is 0 Å². The van der Waals surface area contributed by atoms with Crippen LogP contribution in [0.25, 0.3) is 0 Å². The Balaban J connectivity index is 2.00. The molecule has 0 bridgehead atoms. The van der Waals surface area contributed by atoms with E-state index >= 15 is 0 Å². The molecule has 1 aromatic carbocycles. The molecule has 0 nitrogen and oxygen atoms in total. The molecule has 1 saturated carbocycles. The Kier molecular flexibility index (Phi) is 4.78. The fourth-order valence-corrected chi connectivity index (χ4v) is 2.70. The van der Waals surface area contributed by atoms with Crippen molar-refractivity contribution in [3.8, 4) is 0 Å². The maximum absolute atomic E-state index is 13.2. The van der Waals surface area contributed by atoms with Gasteiger partial charge in [0, 0.05) is 0 Å². The van der Waals surface area contributed by atoms with E-state index in [1.165, 1.54) is 6.08 Å². The molecular formula is C15H15F5. The van der Waals surface area contributed by atoms with Crippen molar-refractivity contribution < 1.29 is 22.0 Å². The molecule has 5 heteroatoms. The quantitative estimate of drug-likeness (QED) is 0.408. The van der Waals surface area contributed by atoms with E-state index in [0.717, 1.165) is 18.2 Å². The van der Waals surface area contributed by atoms with Crippen molar-refractivity contribution >= 4 is 0 Å². The van der Waals surface area contributed by atoms with Crippen LogP contribution < -0.4 is 0 Å². The van der Waals surface area contributed by atoms with Gasteiger partial charge in [-0.2, -0.15) is 0 Å². The number of halogens is 5. The van der Waals surface area contributed by atoms with Crippen molar-refractivity contribution in [1.82, 2.24) is 0 Å². The van der Waals surface area contributed by atoms with Crippen LogP contribution in [-0.2, 0) is 0 Å². The Morgan fingerprint density at radius 1 is 0.950 bits per heavy atom. The molecule has 110 valence electrons. The minimum atomic E-state index is -2.45. The van der Waals surface area contributed by atoms with E-state index in [-0.39, 0.29) is 11.8 Å². The highest BCUT2D eigenvalue weighted by Gasteiger charge is 2.23. The van der Waals surface area contributed by atoms with E-state index in [1.807, 2.05) is 0 Å². The van der Waals surface area contributed by atoms with E-state index in [1.54, 1.807) is 0 Å². The van der Waals surface area contributed by atoms with Crippen molar-refractivity contribution in [2.24, 2.45) is 5.92 Å². The molecule has 0 amide bonds. The first kappa shape index (κ1) is 15.0. The predicted octanol–water partition coefficient (Wildman–Crippen LogP) is 5.20. The first-order valence-electron chi connectivity index (χ1n) is 6.58. The van der Waals surface area contributed by atoms with Crippen molar-refractivity contribution in [3.05, 3.63) is 47.3 Å². The lowest BCUT2D eigenvalue weighted by molar-refractivity contribution is 0.202. The van der Waals surface area contributed by atoms with Crippen LogP contribution in [0.1, 0.15) is 37.2 Å². The number of hydrogen-bond acceptors (Lipinski definition) is 0. The summed E-state index contributed by atoms with van der Waals surface area (Å²) in [6.45, 7) is 0. The highest BCUT2D eigenvalue weighted by Crippen LogP contribution is 2.37. The Morgan fingerprint density at radius 2 is 1.50 bits per heavy atom. The minimum absolute atomic E-state index is 0.0456. The molecule has 0 spiro atoms. The summed E-state index contributed by atoms with van der Waals surface area (Å²) < 4.78 is 63.3. The van der Waals surface area contributed by atoms with Crippen LogP contribution >= 0.6 is 0 Å². The van der Waals surface area contributed by atoms with Crippen molar-refractivity contribution in [2.45, 2.75) is 38.0 Å². The van der Waals surface area contributed by atoms with Gasteiger partial charge in [-0.3, -0.25) is 0 Å². The molecule has 0 N–H and O–H groups in total. The molecule has 0 aliphatic heterocycles. The van der Waals surface area contributed by atoms with Gasteiger partial charge in [-0.15, -0.1) is 0 Å². The lowest BCUT2D eigenvalue weighted by Crippen LogP contribution is -2.12. The third kappa shape index (κ3) is 3.58. The molecule has 1 aliphatic carbocycles. The second-order valence-corrected chi connectivity index (χ2v) is 5.13. The van der Waals surface area contributed by atoms with Crippen LogP contribution in [-0.4, -0.2) is 6.43 Å². The summed E-state index contributed by atoms with van der Waals surface area (Å²) in [5.41, 5.74) is 0.442. The lowest BCUT2D eigenvalue weighted by atomic mass is 9.78. The van der Waals surface area contributed by atoms with Gasteiger partial charge in [0.2, 0.25) is 0 Å². The fourth-order valence-electron chi connectivity index (χ4n) is 2.70. The van der Waals surface area contributed by atoms with Crippen LogP contribution in [0.4, 0.5) is 22.0 Å². The summed E-state index contributed by atoms with van der Waals surface area (Å²) in [6.07, 6.45) is 2.62. The Bertz CT molecular complexity index is 464. The molecule has 20 heavy (non-hydrogen) atoms. The molecular weight excluding hydrogens is 275 g/mol. The predicted molar refractivity (Wildman–Crippen MR) is 66.2 cm³/mol. The van der Waals surface area contributed by atoms with Crippen LogP contribution in [0.15, 0.2) is 24.3 Å². The molecule has 0 radical (unpaired) electrons. The summed E-state index contributed by atoms with van der Waals surface area (Å²) in [5, 5.41) is 0. The van der Waals surface area contributed by atoms with Gasteiger partial charge in [0.25, 0.3) is 6.43 Å². The summed E-state index contributed by atoms with van der Waals surface area (Å²) in [6, 6.07) is 2.05. The molecule has 1 aliphatic rings. The normalized spacial score (nSPS) is 23.7. The number of benzene rings is 1. The molecule has 2 rings (SSSR count). The zero-order valence-corrected chi connectivity index (χ0v) is 10.8. The van der Waals surface area contributed by atoms with Crippen LogP contribution in [0.5, 0.6) is 0 Å². The molecule has 0 heterocycles. The average molecular weight is 290 g/mol. The number of rotatable bonds is 3. The summed E-state index contributed by atoms with van der Waals surface area (Å²) in [5.74, 6) is -3.78. The first-order chi connectivity index (χ1) is 9.47. The smallest absolute Gasteiger partial charge is 0.206 e. The molecule has 1 aromatic rings. The topological polar surface area (TPSA) is 0 Å². The Labute approximate surface area is 114 Å². The highest BCUT2D eigenvalue weighted by atomic mass is 19.3. The number of hydrogen-bond donors (Lipinski definition) is 0. The minimum Gasteiger partial charge on any atom is -0.206 e. The standard InChI is InChI=1S/C15H15F5/c16-12-7-11(8-13(17)15(12)20)10-4-1-9(2-5-10)3-6-14(18)19/h3,6-10,14H,1-2,4-5H2. The van der Waals surface area contributed by atoms with Crippen LogP contribution in [0, 0.1) is 23.4 Å². The van der Waals surface area contributed by atoms with Crippen molar-refractivity contribution in [3.63, 3.8) is 0 Å². The molecule has 0 saturated heterocycles. The first-order valence-corrected chi connectivity index (χ1v) is 6.58.